The van der Waals surface area contributed by atoms with Gasteiger partial charge in [-0.2, -0.15) is 0 Å². The summed E-state index contributed by atoms with van der Waals surface area (Å²) in [5, 5.41) is 0. The zero-order valence-corrected chi connectivity index (χ0v) is 25.9. The molecular formula is C32H42FN3O5S. The van der Waals surface area contributed by atoms with Crippen molar-refractivity contribution in [3.05, 3.63) is 83.3 Å². The van der Waals surface area contributed by atoms with Crippen LogP contribution in [0.15, 0.2) is 60.7 Å². The summed E-state index contributed by atoms with van der Waals surface area (Å²) >= 11 is 0. The fourth-order valence-corrected chi connectivity index (χ4v) is 4.99. The second kappa shape index (κ2) is 15.5. The molecule has 0 radical (unpaired) electrons. The van der Waals surface area contributed by atoms with Crippen molar-refractivity contribution in [2.75, 3.05) is 17.6 Å². The third-order valence-electron chi connectivity index (χ3n) is 6.80. The number of nitrogens with zero attached hydrogens (tertiary/aromatic N) is 3. The fourth-order valence-electron chi connectivity index (χ4n) is 4.68. The van der Waals surface area contributed by atoms with Crippen LogP contribution in [0, 0.1) is 5.82 Å². The van der Waals surface area contributed by atoms with Crippen LogP contribution in [0.1, 0.15) is 63.3 Å². The van der Waals surface area contributed by atoms with Gasteiger partial charge in [-0.05, 0) is 49.6 Å². The van der Waals surface area contributed by atoms with E-state index in [1.165, 1.54) is 16.4 Å². The van der Waals surface area contributed by atoms with Crippen LogP contribution in [0.5, 0.6) is 0 Å². The van der Waals surface area contributed by atoms with Crippen LogP contribution in [0.2, 0.25) is 0 Å². The Hall–Kier alpha value is -3.02. The normalized spacial score (nSPS) is 19.7. The maximum atomic E-state index is 13.8. The lowest BCUT2D eigenvalue weighted by Gasteiger charge is -2.35. The molecule has 42 heavy (non-hydrogen) atoms. The van der Waals surface area contributed by atoms with Gasteiger partial charge in [0.15, 0.2) is 6.29 Å². The van der Waals surface area contributed by atoms with Crippen molar-refractivity contribution in [3.63, 3.8) is 0 Å². The molecule has 0 saturated carbocycles. The SMILES string of the molecule is CC(C)OC1C[C@H](OCc2ccccc2)C[C@@H](/C=C/c2c(-c3ccc(F)cc3)nc(N(C)S(C)=O)nc2C(C)C)O1.O. The largest absolute Gasteiger partial charge is 0.412 e. The highest BCUT2D eigenvalue weighted by Crippen LogP contribution is 2.33. The smallest absolute Gasteiger partial charge is 0.237 e. The van der Waals surface area contributed by atoms with Crippen LogP contribution in [-0.4, -0.2) is 57.6 Å². The lowest BCUT2D eigenvalue weighted by Crippen LogP contribution is -2.38. The first-order chi connectivity index (χ1) is 19.6. The Bertz CT molecular complexity index is 1340. The highest BCUT2D eigenvalue weighted by atomic mass is 32.2. The van der Waals surface area contributed by atoms with E-state index in [1.54, 1.807) is 25.4 Å². The highest BCUT2D eigenvalue weighted by molar-refractivity contribution is 7.85. The van der Waals surface area contributed by atoms with E-state index in [9.17, 15) is 8.60 Å². The number of hydrogen-bond donors (Lipinski definition) is 0. The molecule has 2 heterocycles. The fraction of sp³-hybridized carbons (Fsp3) is 0.438. The van der Waals surface area contributed by atoms with Crippen molar-refractivity contribution in [2.45, 2.75) is 77.7 Å². The average Bonchev–Trinajstić information content (AvgIpc) is 2.94. The third-order valence-corrected chi connectivity index (χ3v) is 7.74. The van der Waals surface area contributed by atoms with E-state index in [2.05, 4.69) is 26.0 Å². The van der Waals surface area contributed by atoms with E-state index >= 15 is 0 Å². The monoisotopic (exact) mass is 599 g/mol. The Morgan fingerprint density at radius 2 is 1.76 bits per heavy atom. The van der Waals surface area contributed by atoms with Crippen LogP contribution in [-0.2, 0) is 31.8 Å². The van der Waals surface area contributed by atoms with Gasteiger partial charge >= 0.3 is 0 Å². The topological polar surface area (TPSA) is 105 Å². The molecule has 0 spiro atoms. The summed E-state index contributed by atoms with van der Waals surface area (Å²) < 4.78 is 46.3. The first-order valence-electron chi connectivity index (χ1n) is 14.0. The molecule has 4 atom stereocenters. The molecule has 8 nitrogen and oxygen atoms in total. The molecule has 0 bridgehead atoms. The van der Waals surface area contributed by atoms with Crippen molar-refractivity contribution < 1.29 is 28.3 Å². The molecule has 2 N–H and O–H groups in total. The Kier molecular flexibility index (Phi) is 12.3. The van der Waals surface area contributed by atoms with Gasteiger partial charge in [-0.15, -0.1) is 0 Å². The number of rotatable bonds is 11. The van der Waals surface area contributed by atoms with Crippen LogP contribution >= 0.6 is 0 Å². The molecule has 1 aliphatic rings. The summed E-state index contributed by atoms with van der Waals surface area (Å²) in [4.78, 5) is 9.59. The predicted octanol–water partition coefficient (Wildman–Crippen LogP) is 5.84. The van der Waals surface area contributed by atoms with Crippen molar-refractivity contribution in [3.8, 4) is 11.3 Å². The summed E-state index contributed by atoms with van der Waals surface area (Å²) in [5.41, 5.74) is 4.10. The van der Waals surface area contributed by atoms with Crippen LogP contribution in [0.3, 0.4) is 0 Å². The Morgan fingerprint density at radius 1 is 1.07 bits per heavy atom. The Balaban J connectivity index is 0.00000484. The van der Waals surface area contributed by atoms with Crippen molar-refractivity contribution in [2.24, 2.45) is 0 Å². The zero-order valence-electron chi connectivity index (χ0n) is 25.1. The molecule has 2 aromatic carbocycles. The minimum Gasteiger partial charge on any atom is -0.412 e. The van der Waals surface area contributed by atoms with Crippen molar-refractivity contribution >= 4 is 23.0 Å². The Morgan fingerprint density at radius 3 is 2.38 bits per heavy atom. The van der Waals surface area contributed by atoms with Gasteiger partial charge in [0, 0.05) is 37.3 Å². The number of halogens is 1. The third kappa shape index (κ3) is 8.99. The summed E-state index contributed by atoms with van der Waals surface area (Å²) in [7, 11) is 0.382. The molecule has 0 amide bonds. The molecule has 1 fully saturated rings. The van der Waals surface area contributed by atoms with Gasteiger partial charge in [-0.1, -0.05) is 56.3 Å². The van der Waals surface area contributed by atoms with Gasteiger partial charge in [-0.3, -0.25) is 4.31 Å². The number of ether oxygens (including phenoxy) is 3. The quantitative estimate of drug-likeness (QED) is 0.274. The van der Waals surface area contributed by atoms with E-state index in [0.717, 1.165) is 22.4 Å². The molecule has 228 valence electrons. The van der Waals surface area contributed by atoms with Gasteiger partial charge < -0.3 is 19.7 Å². The second-order valence-electron chi connectivity index (χ2n) is 10.8. The van der Waals surface area contributed by atoms with E-state index in [4.69, 9.17) is 24.2 Å². The van der Waals surface area contributed by atoms with Gasteiger partial charge in [0.25, 0.3) is 0 Å². The van der Waals surface area contributed by atoms with E-state index in [-0.39, 0.29) is 35.5 Å². The number of anilines is 1. The van der Waals surface area contributed by atoms with Crippen LogP contribution < -0.4 is 4.31 Å². The van der Waals surface area contributed by atoms with E-state index < -0.39 is 17.3 Å². The molecular weight excluding hydrogens is 557 g/mol. The lowest BCUT2D eigenvalue weighted by atomic mass is 9.96. The zero-order chi connectivity index (χ0) is 29.5. The van der Waals surface area contributed by atoms with Gasteiger partial charge in [0.1, 0.15) is 16.8 Å². The molecule has 4 rings (SSSR count). The highest BCUT2D eigenvalue weighted by Gasteiger charge is 2.30. The molecule has 1 saturated heterocycles. The van der Waals surface area contributed by atoms with Crippen LogP contribution in [0.4, 0.5) is 10.3 Å². The van der Waals surface area contributed by atoms with Crippen LogP contribution in [0.25, 0.3) is 17.3 Å². The summed E-state index contributed by atoms with van der Waals surface area (Å²) in [5.74, 6) is 0.0598. The number of hydrogen-bond acceptors (Lipinski definition) is 6. The lowest BCUT2D eigenvalue weighted by molar-refractivity contribution is -0.225. The molecule has 3 aromatic rings. The standard InChI is InChI=1S/C32H40FN3O4S.H2O/c1-21(2)30-28(31(24-12-14-25(33)15-13-24)35-32(34-30)36(5)41(6)37)17-16-26-18-27(19-29(40-26)39-22(3)4)38-20-23-10-8-7-9-11-23;/h7-17,21-22,26-27,29H,18-20H2,1-6H3;1H2/b17-16+;/t26-,27-,29?,41?;/m1./s1. The van der Waals surface area contributed by atoms with Crippen molar-refractivity contribution in [1.29, 1.82) is 0 Å². The second-order valence-corrected chi connectivity index (χ2v) is 12.2. The van der Waals surface area contributed by atoms with E-state index in [0.29, 0.717) is 31.1 Å². The number of aromatic nitrogens is 2. The molecule has 1 aromatic heterocycles. The van der Waals surface area contributed by atoms with Crippen molar-refractivity contribution in [1.82, 2.24) is 9.97 Å². The average molecular weight is 600 g/mol. The molecule has 10 heteroatoms. The first-order valence-corrected chi connectivity index (χ1v) is 15.5. The molecule has 0 aliphatic carbocycles. The summed E-state index contributed by atoms with van der Waals surface area (Å²) in [6.45, 7) is 8.61. The van der Waals surface area contributed by atoms with Gasteiger partial charge in [-0.25, -0.2) is 18.6 Å². The first kappa shape index (κ1) is 33.5. The van der Waals surface area contributed by atoms with E-state index in [1.807, 2.05) is 44.2 Å². The summed E-state index contributed by atoms with van der Waals surface area (Å²) in [6.07, 6.45) is 6.19. The Labute approximate surface area is 250 Å². The molecule has 1 aliphatic heterocycles. The molecule has 2 unspecified atom stereocenters. The van der Waals surface area contributed by atoms with Gasteiger partial charge in [0.2, 0.25) is 5.95 Å². The maximum Gasteiger partial charge on any atom is 0.237 e. The minimum atomic E-state index is -1.31. The number of benzene rings is 2. The minimum absolute atomic E-state index is 0. The maximum absolute atomic E-state index is 13.8. The predicted molar refractivity (Wildman–Crippen MR) is 166 cm³/mol. The van der Waals surface area contributed by atoms with Gasteiger partial charge in [0.05, 0.1) is 36.3 Å². The summed E-state index contributed by atoms with van der Waals surface area (Å²) in [6, 6.07) is 16.3.